The summed E-state index contributed by atoms with van der Waals surface area (Å²) in [4.78, 5) is 33.1. The molecule has 10 nitrogen and oxygen atoms in total. The summed E-state index contributed by atoms with van der Waals surface area (Å²) in [6.45, 7) is 4.20. The van der Waals surface area contributed by atoms with Gasteiger partial charge in [-0.05, 0) is 13.3 Å². The second kappa shape index (κ2) is 7.92. The standard InChI is InChI=1S/C16H25N3O7S2/c1-7-12-11(8(2)20)15(21)19(12)13(16(22)23)14(7)27-10-4-9(17-5-10)6-26-18-28(3,24)25/h7-12,17-18,20H,4-6H2,1-3H3,(H,22,23)/t7-,8-,9+,10-,11-,12-/m1/s1. The fourth-order valence-electron chi connectivity index (χ4n) is 4.10. The molecule has 0 aromatic heterocycles. The van der Waals surface area contributed by atoms with Crippen LogP contribution in [-0.4, -0.2) is 78.3 Å². The van der Waals surface area contributed by atoms with E-state index in [9.17, 15) is 28.2 Å². The first-order valence-corrected chi connectivity index (χ1v) is 11.8. The van der Waals surface area contributed by atoms with Gasteiger partial charge < -0.3 is 20.4 Å². The first-order valence-electron chi connectivity index (χ1n) is 8.98. The summed E-state index contributed by atoms with van der Waals surface area (Å²) >= 11 is 1.43. The number of carbonyl (C=O) groups is 2. The van der Waals surface area contributed by atoms with Crippen LogP contribution in [0.5, 0.6) is 0 Å². The molecule has 0 aromatic rings. The van der Waals surface area contributed by atoms with Gasteiger partial charge in [0.05, 0.1) is 30.9 Å². The molecular weight excluding hydrogens is 410 g/mol. The van der Waals surface area contributed by atoms with Crippen LogP contribution >= 0.6 is 11.8 Å². The van der Waals surface area contributed by atoms with Gasteiger partial charge in [0.2, 0.25) is 15.9 Å². The number of aliphatic carboxylic acids is 1. The third kappa shape index (κ3) is 4.07. The molecule has 0 spiro atoms. The van der Waals surface area contributed by atoms with E-state index in [-0.39, 0.29) is 41.5 Å². The Morgan fingerprint density at radius 2 is 2.18 bits per heavy atom. The zero-order valence-electron chi connectivity index (χ0n) is 15.8. The molecule has 2 fully saturated rings. The topological polar surface area (TPSA) is 145 Å². The van der Waals surface area contributed by atoms with E-state index in [2.05, 4.69) is 5.32 Å². The monoisotopic (exact) mass is 435 g/mol. The van der Waals surface area contributed by atoms with Gasteiger partial charge in [0.1, 0.15) is 5.70 Å². The van der Waals surface area contributed by atoms with Crippen molar-refractivity contribution in [2.75, 3.05) is 19.4 Å². The molecule has 4 N–H and O–H groups in total. The van der Waals surface area contributed by atoms with Crippen molar-refractivity contribution >= 4 is 33.7 Å². The van der Waals surface area contributed by atoms with Crippen molar-refractivity contribution < 1.29 is 33.1 Å². The number of hydrogen-bond donors (Lipinski definition) is 4. The van der Waals surface area contributed by atoms with E-state index in [1.807, 2.05) is 11.8 Å². The molecule has 158 valence electrons. The van der Waals surface area contributed by atoms with Crippen molar-refractivity contribution in [3.63, 3.8) is 0 Å². The van der Waals surface area contributed by atoms with Crippen LogP contribution in [0.25, 0.3) is 0 Å². The van der Waals surface area contributed by atoms with Crippen LogP contribution in [-0.2, 0) is 24.4 Å². The highest BCUT2D eigenvalue weighted by Gasteiger charge is 2.60. The van der Waals surface area contributed by atoms with E-state index in [1.54, 1.807) is 6.92 Å². The van der Waals surface area contributed by atoms with Crippen molar-refractivity contribution in [1.29, 1.82) is 0 Å². The second-order valence-electron chi connectivity index (χ2n) is 7.52. The Bertz CT molecular complexity index is 798. The summed E-state index contributed by atoms with van der Waals surface area (Å²) in [7, 11) is -3.43. The zero-order chi connectivity index (χ0) is 20.8. The number of hydrogen-bond acceptors (Lipinski definition) is 8. The Hall–Kier alpha value is -1.18. The van der Waals surface area contributed by atoms with Crippen LogP contribution in [0, 0.1) is 11.8 Å². The van der Waals surface area contributed by atoms with E-state index in [0.717, 1.165) is 6.26 Å². The van der Waals surface area contributed by atoms with Crippen molar-refractivity contribution in [1.82, 2.24) is 15.1 Å². The fourth-order valence-corrected chi connectivity index (χ4v) is 5.90. The van der Waals surface area contributed by atoms with E-state index in [1.165, 1.54) is 16.7 Å². The SMILES string of the molecule is C[C@@H](O)[C@H]1C(=O)N2C(C(=O)O)=C(S[C@H]3CN[C@H](CONS(C)(=O)=O)C3)[C@H](C)[C@H]12. The largest absolute Gasteiger partial charge is 0.477 e. The Kier molecular flexibility index (Phi) is 6.09. The van der Waals surface area contributed by atoms with Gasteiger partial charge in [0, 0.05) is 28.7 Å². The molecule has 0 saturated carbocycles. The fraction of sp³-hybridized carbons (Fsp3) is 0.750. The molecule has 3 rings (SSSR count). The maximum Gasteiger partial charge on any atom is 0.353 e. The second-order valence-corrected chi connectivity index (χ2v) is 10.6. The number of aliphatic hydroxyl groups excluding tert-OH is 1. The molecule has 0 radical (unpaired) electrons. The molecule has 3 aliphatic heterocycles. The Morgan fingerprint density at radius 1 is 1.50 bits per heavy atom. The van der Waals surface area contributed by atoms with E-state index in [0.29, 0.717) is 17.9 Å². The van der Waals surface area contributed by atoms with Crippen LogP contribution in [0.15, 0.2) is 10.6 Å². The molecule has 1 amide bonds. The molecule has 6 atom stereocenters. The lowest BCUT2D eigenvalue weighted by Crippen LogP contribution is -2.63. The van der Waals surface area contributed by atoms with Crippen LogP contribution in [0.2, 0.25) is 0 Å². The smallest absolute Gasteiger partial charge is 0.353 e. The van der Waals surface area contributed by atoms with Gasteiger partial charge in [-0.25, -0.2) is 13.2 Å². The van der Waals surface area contributed by atoms with Gasteiger partial charge in [-0.2, -0.15) is 0 Å². The minimum Gasteiger partial charge on any atom is -0.477 e. The lowest BCUT2D eigenvalue weighted by Gasteiger charge is -2.46. The van der Waals surface area contributed by atoms with Gasteiger partial charge in [-0.15, -0.1) is 11.8 Å². The summed E-state index contributed by atoms with van der Waals surface area (Å²) in [6.07, 6.45) is 0.839. The number of amides is 1. The molecule has 0 unspecified atom stereocenters. The highest BCUT2D eigenvalue weighted by atomic mass is 32.2. The molecular formula is C16H25N3O7S2. The van der Waals surface area contributed by atoms with Crippen LogP contribution < -0.4 is 10.2 Å². The summed E-state index contributed by atoms with van der Waals surface area (Å²) in [5.74, 6) is -2.23. The number of sulfonamides is 1. The van der Waals surface area contributed by atoms with Gasteiger partial charge in [0.25, 0.3) is 0 Å². The third-order valence-electron chi connectivity index (χ3n) is 5.28. The molecule has 3 heterocycles. The van der Waals surface area contributed by atoms with Gasteiger partial charge in [-0.1, -0.05) is 11.8 Å². The number of thioether (sulfide) groups is 1. The highest BCUT2D eigenvalue weighted by molar-refractivity contribution is 8.03. The lowest BCUT2D eigenvalue weighted by atomic mass is 9.79. The first kappa shape index (κ1) is 21.5. The predicted octanol–water partition coefficient (Wildman–Crippen LogP) is -0.915. The van der Waals surface area contributed by atoms with E-state index in [4.69, 9.17) is 4.84 Å². The molecule has 3 aliphatic rings. The number of aliphatic hydroxyl groups is 1. The number of β-lactam (4-membered cyclic amide) rings is 1. The van der Waals surface area contributed by atoms with Crippen LogP contribution in [0.4, 0.5) is 0 Å². The minimum atomic E-state index is -3.43. The summed E-state index contributed by atoms with van der Waals surface area (Å²) in [5.41, 5.74) is 0.0165. The number of carboxylic acid groups (broad SMARTS) is 1. The van der Waals surface area contributed by atoms with Crippen LogP contribution in [0.3, 0.4) is 0 Å². The van der Waals surface area contributed by atoms with Gasteiger partial charge in [-0.3, -0.25) is 9.63 Å². The van der Waals surface area contributed by atoms with Crippen molar-refractivity contribution in [2.24, 2.45) is 11.8 Å². The summed E-state index contributed by atoms with van der Waals surface area (Å²) < 4.78 is 22.1. The predicted molar refractivity (Wildman–Crippen MR) is 101 cm³/mol. The van der Waals surface area contributed by atoms with Crippen molar-refractivity contribution in [2.45, 2.75) is 43.7 Å². The van der Waals surface area contributed by atoms with Gasteiger partial charge in [0.15, 0.2) is 0 Å². The number of carboxylic acids is 1. The molecule has 28 heavy (non-hydrogen) atoms. The molecule has 2 saturated heterocycles. The van der Waals surface area contributed by atoms with Crippen LogP contribution in [0.1, 0.15) is 20.3 Å². The van der Waals surface area contributed by atoms with Crippen molar-refractivity contribution in [3.05, 3.63) is 10.6 Å². The summed E-state index contributed by atoms with van der Waals surface area (Å²) in [6, 6.07) is -0.394. The zero-order valence-corrected chi connectivity index (χ0v) is 17.4. The Morgan fingerprint density at radius 3 is 2.75 bits per heavy atom. The normalized spacial score (nSPS) is 33.8. The molecule has 0 bridgehead atoms. The average Bonchev–Trinajstić information content (AvgIpc) is 3.09. The number of fused-ring (bicyclic) bond motifs is 1. The average molecular weight is 436 g/mol. The first-order chi connectivity index (χ1) is 13.0. The van der Waals surface area contributed by atoms with Gasteiger partial charge >= 0.3 is 5.97 Å². The van der Waals surface area contributed by atoms with Crippen molar-refractivity contribution in [3.8, 4) is 0 Å². The third-order valence-corrected chi connectivity index (χ3v) is 7.21. The molecule has 0 aromatic carbocycles. The number of rotatable bonds is 8. The number of carbonyl (C=O) groups excluding carboxylic acids is 1. The number of nitrogens with zero attached hydrogens (tertiary/aromatic N) is 1. The van der Waals surface area contributed by atoms with E-state index >= 15 is 0 Å². The molecule has 12 heteroatoms. The highest BCUT2D eigenvalue weighted by Crippen LogP contribution is 2.51. The minimum absolute atomic E-state index is 0.0165. The lowest BCUT2D eigenvalue weighted by molar-refractivity contribution is -0.163. The maximum absolute atomic E-state index is 12.4. The molecule has 0 aliphatic carbocycles. The Labute approximate surface area is 167 Å². The maximum atomic E-state index is 12.4. The summed E-state index contributed by atoms with van der Waals surface area (Å²) in [5, 5.41) is 22.8. The number of nitrogens with one attached hydrogen (secondary N) is 2. The van der Waals surface area contributed by atoms with E-state index < -0.39 is 28.0 Å². The Balaban J connectivity index is 1.65. The quantitative estimate of drug-likeness (QED) is 0.281.